The molecule has 0 amide bonds. The zero-order chi connectivity index (χ0) is 17.6. The predicted octanol–water partition coefficient (Wildman–Crippen LogP) is 3.32. The van der Waals surface area contributed by atoms with E-state index in [1.165, 1.54) is 22.2 Å². The second kappa shape index (κ2) is 6.00. The van der Waals surface area contributed by atoms with Crippen LogP contribution in [0.1, 0.15) is 23.2 Å². The normalized spacial score (nSPS) is 17.6. The van der Waals surface area contributed by atoms with Gasteiger partial charge in [-0.25, -0.2) is 13.1 Å². The summed E-state index contributed by atoms with van der Waals surface area (Å²) < 4.78 is 30.5. The van der Waals surface area contributed by atoms with E-state index in [1.54, 1.807) is 12.1 Å². The smallest absolute Gasteiger partial charge is 0.240 e. The molecular weight excluding hydrogens is 332 g/mol. The van der Waals surface area contributed by atoms with Gasteiger partial charge in [-0.05, 0) is 49.9 Å². The third-order valence-corrected chi connectivity index (χ3v) is 6.71. The number of sulfonamides is 1. The van der Waals surface area contributed by atoms with Gasteiger partial charge >= 0.3 is 0 Å². The molecule has 4 nitrogen and oxygen atoms in total. The Labute approximate surface area is 148 Å². The number of aryl methyl sites for hydroxylation is 2. The molecule has 4 rings (SSSR count). The lowest BCUT2D eigenvalue weighted by Crippen LogP contribution is -2.38. The van der Waals surface area contributed by atoms with Crippen molar-refractivity contribution >= 4 is 20.9 Å². The van der Waals surface area contributed by atoms with Crippen LogP contribution in [0.25, 0.3) is 10.9 Å². The second-order valence-electron chi connectivity index (χ2n) is 6.88. The summed E-state index contributed by atoms with van der Waals surface area (Å²) in [6.45, 7) is 1.95. The molecule has 0 fully saturated rings. The molecule has 0 aliphatic heterocycles. The maximum absolute atomic E-state index is 12.7. The van der Waals surface area contributed by atoms with E-state index >= 15 is 0 Å². The van der Waals surface area contributed by atoms with Crippen molar-refractivity contribution in [2.75, 3.05) is 0 Å². The minimum Gasteiger partial charge on any atom is -0.347 e. The highest BCUT2D eigenvalue weighted by molar-refractivity contribution is 7.89. The number of nitrogens with one attached hydrogen (secondary N) is 1. The molecule has 5 heteroatoms. The molecule has 25 heavy (non-hydrogen) atoms. The summed E-state index contributed by atoms with van der Waals surface area (Å²) in [5, 5.41) is 1.24. The van der Waals surface area contributed by atoms with Gasteiger partial charge in [0.05, 0.1) is 4.90 Å². The van der Waals surface area contributed by atoms with Gasteiger partial charge in [0.1, 0.15) is 0 Å². The minimum absolute atomic E-state index is 0.0652. The Hall–Kier alpha value is -2.11. The Balaban J connectivity index is 1.63. The van der Waals surface area contributed by atoms with Gasteiger partial charge in [-0.3, -0.25) is 0 Å². The Kier molecular flexibility index (Phi) is 3.93. The number of para-hydroxylation sites is 1. The first-order valence-corrected chi connectivity index (χ1v) is 10.1. The number of fused-ring (bicyclic) bond motifs is 3. The van der Waals surface area contributed by atoms with Crippen LogP contribution in [0.3, 0.4) is 0 Å². The van der Waals surface area contributed by atoms with Crippen molar-refractivity contribution in [3.8, 4) is 0 Å². The average Bonchev–Trinajstić information content (AvgIpc) is 2.88. The SMILES string of the molecule is Cc1ccc(S(=O)(=O)NC2CCc3c(c4ccccc4n3C)C2)cc1. The monoisotopic (exact) mass is 354 g/mol. The topological polar surface area (TPSA) is 51.1 Å². The fourth-order valence-electron chi connectivity index (χ4n) is 3.84. The molecule has 0 saturated heterocycles. The molecule has 0 bridgehead atoms. The summed E-state index contributed by atoms with van der Waals surface area (Å²) in [4.78, 5) is 0.335. The Morgan fingerprint density at radius 2 is 1.80 bits per heavy atom. The van der Waals surface area contributed by atoms with Crippen molar-refractivity contribution in [1.29, 1.82) is 0 Å². The summed E-state index contributed by atoms with van der Waals surface area (Å²) in [6, 6.07) is 15.3. The first-order valence-electron chi connectivity index (χ1n) is 8.60. The van der Waals surface area contributed by atoms with Crippen molar-refractivity contribution in [3.05, 3.63) is 65.4 Å². The standard InChI is InChI=1S/C20H22N2O2S/c1-14-7-10-16(11-8-14)25(23,24)21-15-9-12-20-18(13-15)17-5-3-4-6-19(17)22(20)2/h3-8,10-11,15,21H,9,12-13H2,1-2H3. The fourth-order valence-corrected chi connectivity index (χ4v) is 5.11. The number of benzene rings is 2. The van der Waals surface area contributed by atoms with E-state index in [9.17, 15) is 8.42 Å². The van der Waals surface area contributed by atoms with Crippen molar-refractivity contribution in [1.82, 2.24) is 9.29 Å². The largest absolute Gasteiger partial charge is 0.347 e. The summed E-state index contributed by atoms with van der Waals surface area (Å²) in [7, 11) is -1.39. The lowest BCUT2D eigenvalue weighted by atomic mass is 9.92. The first kappa shape index (κ1) is 16.4. The van der Waals surface area contributed by atoms with E-state index in [0.29, 0.717) is 4.90 Å². The van der Waals surface area contributed by atoms with Gasteiger partial charge in [-0.15, -0.1) is 0 Å². The van der Waals surface area contributed by atoms with Crippen LogP contribution in [-0.2, 0) is 29.9 Å². The quantitative estimate of drug-likeness (QED) is 0.784. The number of hydrogen-bond acceptors (Lipinski definition) is 2. The van der Waals surface area contributed by atoms with E-state index < -0.39 is 10.0 Å². The highest BCUT2D eigenvalue weighted by Crippen LogP contribution is 2.31. The van der Waals surface area contributed by atoms with Crippen molar-refractivity contribution in [2.24, 2.45) is 7.05 Å². The fraction of sp³-hybridized carbons (Fsp3) is 0.300. The van der Waals surface area contributed by atoms with Crippen LogP contribution in [0.2, 0.25) is 0 Å². The van der Waals surface area contributed by atoms with Gasteiger partial charge in [0.2, 0.25) is 10.0 Å². The van der Waals surface area contributed by atoms with Crippen LogP contribution in [0.15, 0.2) is 53.4 Å². The van der Waals surface area contributed by atoms with E-state index in [-0.39, 0.29) is 6.04 Å². The lowest BCUT2D eigenvalue weighted by Gasteiger charge is -2.24. The number of aromatic nitrogens is 1. The Bertz CT molecular complexity index is 1030. The Morgan fingerprint density at radius 3 is 2.56 bits per heavy atom. The van der Waals surface area contributed by atoms with Crippen LogP contribution in [0.4, 0.5) is 0 Å². The average molecular weight is 354 g/mol. The number of nitrogens with zero attached hydrogens (tertiary/aromatic N) is 1. The van der Waals surface area contributed by atoms with E-state index in [0.717, 1.165) is 24.8 Å². The Morgan fingerprint density at radius 1 is 1.08 bits per heavy atom. The summed E-state index contributed by atoms with van der Waals surface area (Å²) in [6.07, 6.45) is 2.45. The first-order chi connectivity index (χ1) is 12.0. The summed E-state index contributed by atoms with van der Waals surface area (Å²) >= 11 is 0. The van der Waals surface area contributed by atoms with Gasteiger partial charge in [-0.2, -0.15) is 0 Å². The molecule has 1 aliphatic rings. The van der Waals surface area contributed by atoms with E-state index in [4.69, 9.17) is 0 Å². The van der Waals surface area contributed by atoms with Gasteiger partial charge in [0.25, 0.3) is 0 Å². The third kappa shape index (κ3) is 2.87. The molecule has 1 aliphatic carbocycles. The second-order valence-corrected chi connectivity index (χ2v) is 8.59. The van der Waals surface area contributed by atoms with Gasteiger partial charge < -0.3 is 4.57 Å². The summed E-state index contributed by atoms with van der Waals surface area (Å²) in [5.41, 5.74) is 4.87. The van der Waals surface area contributed by atoms with E-state index in [1.807, 2.05) is 31.2 Å². The van der Waals surface area contributed by atoms with Gasteiger partial charge in [-0.1, -0.05) is 35.9 Å². The molecule has 1 heterocycles. The minimum atomic E-state index is -3.48. The number of rotatable bonds is 3. The molecule has 1 unspecified atom stereocenters. The molecule has 0 radical (unpaired) electrons. The molecule has 1 N–H and O–H groups in total. The summed E-state index contributed by atoms with van der Waals surface area (Å²) in [5.74, 6) is 0. The van der Waals surface area contributed by atoms with E-state index in [2.05, 4.69) is 28.5 Å². The molecule has 0 spiro atoms. The predicted molar refractivity (Wildman–Crippen MR) is 100 cm³/mol. The molecule has 2 aromatic carbocycles. The molecule has 1 atom stereocenters. The molecular formula is C20H22N2O2S. The zero-order valence-corrected chi connectivity index (χ0v) is 15.3. The van der Waals surface area contributed by atoms with Crippen LogP contribution >= 0.6 is 0 Å². The van der Waals surface area contributed by atoms with Crippen molar-refractivity contribution in [2.45, 2.75) is 37.1 Å². The van der Waals surface area contributed by atoms with Crippen LogP contribution in [0.5, 0.6) is 0 Å². The molecule has 130 valence electrons. The molecule has 3 aromatic rings. The zero-order valence-electron chi connectivity index (χ0n) is 14.5. The van der Waals surface area contributed by atoms with Crippen LogP contribution in [0, 0.1) is 6.92 Å². The maximum Gasteiger partial charge on any atom is 0.240 e. The van der Waals surface area contributed by atoms with Gasteiger partial charge in [0.15, 0.2) is 0 Å². The molecule has 0 saturated carbocycles. The highest BCUT2D eigenvalue weighted by Gasteiger charge is 2.27. The third-order valence-electron chi connectivity index (χ3n) is 5.18. The van der Waals surface area contributed by atoms with Crippen molar-refractivity contribution < 1.29 is 8.42 Å². The molecule has 1 aromatic heterocycles. The highest BCUT2D eigenvalue weighted by atomic mass is 32.2. The maximum atomic E-state index is 12.7. The van der Waals surface area contributed by atoms with Crippen molar-refractivity contribution in [3.63, 3.8) is 0 Å². The van der Waals surface area contributed by atoms with Crippen LogP contribution < -0.4 is 4.72 Å². The van der Waals surface area contributed by atoms with Gasteiger partial charge in [0, 0.05) is 29.7 Å². The lowest BCUT2D eigenvalue weighted by molar-refractivity contribution is 0.501. The van der Waals surface area contributed by atoms with Crippen LogP contribution in [-0.4, -0.2) is 19.0 Å². The number of hydrogen-bond donors (Lipinski definition) is 1.